The number of piperazine rings is 1. The summed E-state index contributed by atoms with van der Waals surface area (Å²) >= 11 is 4.25. The van der Waals surface area contributed by atoms with Crippen molar-refractivity contribution in [3.8, 4) is 0 Å². The number of thiol groups is 1. The van der Waals surface area contributed by atoms with E-state index in [-0.39, 0.29) is 0 Å². The van der Waals surface area contributed by atoms with E-state index < -0.39 is 0 Å². The van der Waals surface area contributed by atoms with E-state index in [1.165, 1.54) is 45.7 Å². The smallest absolute Gasteiger partial charge is 0.0110 e. The molecule has 1 heterocycles. The first-order valence-corrected chi connectivity index (χ1v) is 6.41. The molecule has 1 rings (SSSR count). The maximum Gasteiger partial charge on any atom is 0.0110 e. The van der Waals surface area contributed by atoms with Crippen LogP contribution in [0.15, 0.2) is 0 Å². The molecular weight excluding hydrogens is 192 g/mol. The summed E-state index contributed by atoms with van der Waals surface area (Å²) < 4.78 is 0. The van der Waals surface area contributed by atoms with Gasteiger partial charge in [0.05, 0.1) is 0 Å². The Morgan fingerprint density at radius 3 is 2.14 bits per heavy atom. The average molecular weight is 216 g/mol. The van der Waals surface area contributed by atoms with Gasteiger partial charge in [-0.15, -0.1) is 0 Å². The van der Waals surface area contributed by atoms with Gasteiger partial charge in [-0.1, -0.05) is 13.8 Å². The molecule has 0 N–H and O–H groups in total. The zero-order valence-corrected chi connectivity index (χ0v) is 10.5. The molecular formula is C11H24N2S. The van der Waals surface area contributed by atoms with Crippen molar-refractivity contribution in [1.82, 2.24) is 9.80 Å². The fraction of sp³-hybridized carbons (Fsp3) is 1.00. The summed E-state index contributed by atoms with van der Waals surface area (Å²) in [6, 6.07) is 0. The molecule has 0 atom stereocenters. The second-order valence-corrected chi connectivity index (χ2v) is 5.06. The lowest BCUT2D eigenvalue weighted by Crippen LogP contribution is -2.47. The van der Waals surface area contributed by atoms with E-state index in [9.17, 15) is 0 Å². The molecule has 14 heavy (non-hydrogen) atoms. The van der Waals surface area contributed by atoms with E-state index in [4.69, 9.17) is 0 Å². The van der Waals surface area contributed by atoms with Gasteiger partial charge < -0.3 is 9.80 Å². The highest BCUT2D eigenvalue weighted by molar-refractivity contribution is 7.80. The number of rotatable bonds is 5. The summed E-state index contributed by atoms with van der Waals surface area (Å²) in [7, 11) is 0. The minimum absolute atomic E-state index is 0.805. The van der Waals surface area contributed by atoms with Crippen molar-refractivity contribution >= 4 is 12.6 Å². The average Bonchev–Trinajstić information content (AvgIpc) is 2.16. The van der Waals surface area contributed by atoms with Gasteiger partial charge >= 0.3 is 0 Å². The second kappa shape index (κ2) is 6.70. The molecule has 0 amide bonds. The maximum absolute atomic E-state index is 4.25. The summed E-state index contributed by atoms with van der Waals surface area (Å²) in [5, 5.41) is 0. The first-order valence-electron chi connectivity index (χ1n) is 5.78. The van der Waals surface area contributed by atoms with Crippen LogP contribution >= 0.6 is 12.6 Å². The molecule has 2 nitrogen and oxygen atoms in total. The quantitative estimate of drug-likeness (QED) is 0.697. The van der Waals surface area contributed by atoms with Crippen LogP contribution in [0.4, 0.5) is 0 Å². The van der Waals surface area contributed by atoms with Gasteiger partial charge in [-0.3, -0.25) is 0 Å². The fourth-order valence-corrected chi connectivity index (χ4v) is 2.15. The van der Waals surface area contributed by atoms with E-state index in [0.29, 0.717) is 0 Å². The lowest BCUT2D eigenvalue weighted by atomic mass is 10.2. The molecule has 0 unspecified atom stereocenters. The van der Waals surface area contributed by atoms with Gasteiger partial charge in [-0.2, -0.15) is 12.6 Å². The van der Waals surface area contributed by atoms with Crippen LogP contribution in [0.1, 0.15) is 20.3 Å². The first-order chi connectivity index (χ1) is 6.72. The molecule has 0 radical (unpaired) electrons. The molecule has 0 aromatic heterocycles. The molecule has 0 bridgehead atoms. The van der Waals surface area contributed by atoms with E-state index >= 15 is 0 Å². The van der Waals surface area contributed by atoms with Crippen LogP contribution in [0.3, 0.4) is 0 Å². The number of hydrogen-bond acceptors (Lipinski definition) is 3. The van der Waals surface area contributed by atoms with Gasteiger partial charge in [0.1, 0.15) is 0 Å². The van der Waals surface area contributed by atoms with E-state index in [0.717, 1.165) is 11.7 Å². The summed E-state index contributed by atoms with van der Waals surface area (Å²) in [5.41, 5.74) is 0. The Kier molecular flexibility index (Phi) is 5.90. The van der Waals surface area contributed by atoms with Crippen molar-refractivity contribution in [3.05, 3.63) is 0 Å². The lowest BCUT2D eigenvalue weighted by Gasteiger charge is -2.35. The van der Waals surface area contributed by atoms with Gasteiger partial charge in [0.15, 0.2) is 0 Å². The molecule has 0 aromatic rings. The SMILES string of the molecule is CC(C)CN1CCN(CCCS)CC1. The van der Waals surface area contributed by atoms with Crippen molar-refractivity contribution in [1.29, 1.82) is 0 Å². The fourth-order valence-electron chi connectivity index (χ4n) is 2.01. The number of nitrogens with zero attached hydrogens (tertiary/aromatic N) is 2. The standard InChI is InChI=1S/C11H24N2S/c1-11(2)10-13-7-5-12(6-8-13)4-3-9-14/h11,14H,3-10H2,1-2H3. The highest BCUT2D eigenvalue weighted by atomic mass is 32.1. The number of hydrogen-bond donors (Lipinski definition) is 1. The highest BCUT2D eigenvalue weighted by Crippen LogP contribution is 2.05. The van der Waals surface area contributed by atoms with Gasteiger partial charge in [-0.05, 0) is 24.6 Å². The van der Waals surface area contributed by atoms with Gasteiger partial charge in [0, 0.05) is 32.7 Å². The van der Waals surface area contributed by atoms with Crippen LogP contribution in [0.5, 0.6) is 0 Å². The van der Waals surface area contributed by atoms with Crippen LogP contribution in [0.25, 0.3) is 0 Å². The van der Waals surface area contributed by atoms with Gasteiger partial charge in [-0.25, -0.2) is 0 Å². The molecule has 0 spiro atoms. The van der Waals surface area contributed by atoms with Crippen molar-refractivity contribution in [2.75, 3.05) is 45.0 Å². The molecule has 0 aromatic carbocycles. The van der Waals surface area contributed by atoms with Gasteiger partial charge in [0.25, 0.3) is 0 Å². The maximum atomic E-state index is 4.25. The molecule has 3 heteroatoms. The lowest BCUT2D eigenvalue weighted by molar-refractivity contribution is 0.123. The molecule has 1 aliphatic heterocycles. The Morgan fingerprint density at radius 2 is 1.64 bits per heavy atom. The molecule has 1 fully saturated rings. The zero-order valence-electron chi connectivity index (χ0n) is 9.58. The van der Waals surface area contributed by atoms with E-state index in [2.05, 4.69) is 36.3 Å². The predicted molar refractivity (Wildman–Crippen MR) is 66.2 cm³/mol. The van der Waals surface area contributed by atoms with E-state index in [1.54, 1.807) is 0 Å². The molecule has 0 aliphatic carbocycles. The minimum Gasteiger partial charge on any atom is -0.301 e. The van der Waals surface area contributed by atoms with Gasteiger partial charge in [0.2, 0.25) is 0 Å². The van der Waals surface area contributed by atoms with Crippen molar-refractivity contribution < 1.29 is 0 Å². The van der Waals surface area contributed by atoms with Crippen molar-refractivity contribution in [2.45, 2.75) is 20.3 Å². The zero-order chi connectivity index (χ0) is 10.4. The summed E-state index contributed by atoms with van der Waals surface area (Å²) in [6.07, 6.45) is 1.23. The largest absolute Gasteiger partial charge is 0.301 e. The first kappa shape index (κ1) is 12.3. The van der Waals surface area contributed by atoms with Crippen LogP contribution in [0.2, 0.25) is 0 Å². The Hall–Kier alpha value is 0.270. The van der Waals surface area contributed by atoms with Crippen LogP contribution in [-0.2, 0) is 0 Å². The molecule has 0 saturated carbocycles. The van der Waals surface area contributed by atoms with Crippen molar-refractivity contribution in [2.24, 2.45) is 5.92 Å². The van der Waals surface area contributed by atoms with Crippen LogP contribution in [0, 0.1) is 5.92 Å². The van der Waals surface area contributed by atoms with Crippen LogP contribution < -0.4 is 0 Å². The summed E-state index contributed by atoms with van der Waals surface area (Å²) in [5.74, 6) is 1.82. The highest BCUT2D eigenvalue weighted by Gasteiger charge is 2.16. The van der Waals surface area contributed by atoms with E-state index in [1.807, 2.05) is 0 Å². The summed E-state index contributed by atoms with van der Waals surface area (Å²) in [4.78, 5) is 5.15. The predicted octanol–water partition coefficient (Wildman–Crippen LogP) is 1.58. The monoisotopic (exact) mass is 216 g/mol. The van der Waals surface area contributed by atoms with Crippen LogP contribution in [-0.4, -0.2) is 54.8 Å². The Bertz CT molecular complexity index is 142. The topological polar surface area (TPSA) is 6.48 Å². The minimum atomic E-state index is 0.805. The molecule has 84 valence electrons. The molecule has 1 saturated heterocycles. The second-order valence-electron chi connectivity index (χ2n) is 4.61. The Morgan fingerprint density at radius 1 is 1.07 bits per heavy atom. The normalized spacial score (nSPS) is 20.6. The third kappa shape index (κ3) is 4.67. The summed E-state index contributed by atoms with van der Waals surface area (Å²) in [6.45, 7) is 12.1. The molecule has 1 aliphatic rings. The Labute approximate surface area is 94.1 Å². The van der Waals surface area contributed by atoms with Crippen molar-refractivity contribution in [3.63, 3.8) is 0 Å². The third-order valence-electron chi connectivity index (χ3n) is 2.72. The third-order valence-corrected chi connectivity index (χ3v) is 3.04. The Balaban J connectivity index is 2.11.